The molecule has 4 unspecified atom stereocenters. The lowest BCUT2D eigenvalue weighted by atomic mass is 9.69. The molecule has 3 heterocycles. The van der Waals surface area contributed by atoms with Crippen LogP contribution in [0.1, 0.15) is 38.9 Å². The number of carboxylic acids is 1. The number of halogens is 1. The Labute approximate surface area is 411 Å². The number of benzene rings is 4. The SMILES string of the molecule is O=C(/C=C/c1cn(C2CC(CBCOP(=O)(O)CCNC(=S)Nc3cccc(I)c3)C(CO)O2)c(=O)[nH]c1=O)NCNC(=O)c1ccc(C(=O)O)c(-c2c3ccc(=O)cc-3oc3cc(O)ccc23)c1. The van der Waals surface area contributed by atoms with Gasteiger partial charge in [-0.25, -0.2) is 9.59 Å². The summed E-state index contributed by atoms with van der Waals surface area (Å²) < 4.78 is 31.9. The first-order chi connectivity index (χ1) is 33.0. The second-order valence-electron chi connectivity index (χ2n) is 15.7. The topological polar surface area (TPSA) is 301 Å². The van der Waals surface area contributed by atoms with Crippen LogP contribution in [-0.4, -0.2) is 98.5 Å². The van der Waals surface area contributed by atoms with Crippen LogP contribution in [0.5, 0.6) is 5.75 Å². The van der Waals surface area contributed by atoms with E-state index in [0.717, 1.165) is 26.0 Å². The van der Waals surface area contributed by atoms with E-state index in [1.807, 2.05) is 24.3 Å². The number of nitrogens with one attached hydrogen (secondary N) is 5. The van der Waals surface area contributed by atoms with E-state index >= 15 is 0 Å². The molecule has 69 heavy (non-hydrogen) atoms. The molecule has 4 atom stereocenters. The van der Waals surface area contributed by atoms with Crippen LogP contribution in [0.3, 0.4) is 0 Å². The van der Waals surface area contributed by atoms with Crippen molar-refractivity contribution in [2.24, 2.45) is 5.92 Å². The Hall–Kier alpha value is -6.47. The molecule has 1 aliphatic carbocycles. The number of phenols is 1. The summed E-state index contributed by atoms with van der Waals surface area (Å²) in [6.07, 6.45) is 2.24. The average Bonchev–Trinajstić information content (AvgIpc) is 3.71. The predicted molar refractivity (Wildman–Crippen MR) is 269 cm³/mol. The molecule has 4 aromatic rings. The molecule has 1 aromatic heterocycles. The number of nitrogens with zero attached hydrogens (tertiary/aromatic N) is 1. The maximum atomic E-state index is 13.4. The zero-order valence-electron chi connectivity index (χ0n) is 36.2. The number of aromatic amines is 1. The highest BCUT2D eigenvalue weighted by Gasteiger charge is 2.36. The molecule has 20 nitrogen and oxygen atoms in total. The second kappa shape index (κ2) is 22.3. The number of hydrogen-bond donors (Lipinski definition) is 9. The number of aromatic carboxylic acids is 1. The van der Waals surface area contributed by atoms with E-state index in [-0.39, 0.29) is 88.0 Å². The van der Waals surface area contributed by atoms with Crippen molar-refractivity contribution >= 4 is 95.3 Å². The van der Waals surface area contributed by atoms with Crippen LogP contribution in [-0.2, 0) is 18.6 Å². The summed E-state index contributed by atoms with van der Waals surface area (Å²) in [5, 5.41) is 41.9. The standard InChI is InChI=1S/C45H43BIN6O14PS/c47-27-2-1-3-28(16-27)51-44(69)48-12-13-68(63,64)65-22-46-19-26-15-39(67-37(26)21-54)53-20-25(42(59)52-45(53)62)5-11-38(57)49-23-50-41(58)24-4-8-31(43(60)61)34(14-24)40-32-9-6-29(55)17-35(32)66-36-18-30(56)7-10-33(36)40/h1-11,14,16-18,20,26,37,39,46,54-55H,12-13,15,19,21-23H2,(H,49,57)(H,50,58)(H,60,61)(H,63,64)(H2,48,51,69)(H,52,59,62)/b11-5+. The Morgan fingerprint density at radius 1 is 1.01 bits per heavy atom. The number of aromatic nitrogens is 2. The Morgan fingerprint density at radius 3 is 2.59 bits per heavy atom. The number of hydrogen-bond acceptors (Lipinski definition) is 13. The lowest BCUT2D eigenvalue weighted by Gasteiger charge is -2.17. The first kappa shape index (κ1) is 50.4. The molecule has 358 valence electrons. The maximum Gasteiger partial charge on any atom is 0.336 e. The van der Waals surface area contributed by atoms with Gasteiger partial charge in [-0.15, -0.1) is 0 Å². The van der Waals surface area contributed by atoms with Gasteiger partial charge in [0, 0.05) is 68.8 Å². The largest absolute Gasteiger partial charge is 0.508 e. The third-order valence-corrected chi connectivity index (χ3v) is 13.3. The van der Waals surface area contributed by atoms with Gasteiger partial charge < -0.3 is 55.2 Å². The van der Waals surface area contributed by atoms with Crippen LogP contribution in [0.15, 0.2) is 110 Å². The number of H-pyrrole nitrogens is 1. The van der Waals surface area contributed by atoms with Crippen molar-refractivity contribution in [2.45, 2.75) is 25.1 Å². The molecule has 9 N–H and O–H groups in total. The normalized spacial score (nSPS) is 16.5. The monoisotopic (exact) mass is 1090 g/mol. The van der Waals surface area contributed by atoms with E-state index in [1.54, 1.807) is 0 Å². The van der Waals surface area contributed by atoms with Gasteiger partial charge in [0.05, 0.1) is 36.7 Å². The van der Waals surface area contributed by atoms with Crippen molar-refractivity contribution in [3.63, 3.8) is 0 Å². The third-order valence-electron chi connectivity index (χ3n) is 11.0. The highest BCUT2D eigenvalue weighted by molar-refractivity contribution is 14.1. The number of ether oxygens (including phenoxy) is 1. The molecule has 0 spiro atoms. The van der Waals surface area contributed by atoms with Crippen molar-refractivity contribution in [2.75, 3.05) is 37.8 Å². The fourth-order valence-corrected chi connectivity index (χ4v) is 9.42. The zero-order chi connectivity index (χ0) is 49.4. The number of aromatic hydroxyl groups is 1. The van der Waals surface area contributed by atoms with Crippen molar-refractivity contribution in [3.05, 3.63) is 142 Å². The van der Waals surface area contributed by atoms with Crippen molar-refractivity contribution < 1.29 is 52.8 Å². The Balaban J connectivity index is 0.925. The quantitative estimate of drug-likeness (QED) is 0.00863. The molecule has 1 saturated heterocycles. The molecule has 0 radical (unpaired) electrons. The minimum absolute atomic E-state index is 0.0203. The number of anilines is 1. The molecule has 0 saturated carbocycles. The molecule has 24 heteroatoms. The number of amides is 2. The van der Waals surface area contributed by atoms with Crippen LogP contribution in [0.4, 0.5) is 5.69 Å². The number of phenolic OH excluding ortho intramolecular Hbond substituents is 1. The first-order valence-electron chi connectivity index (χ1n) is 21.2. The second-order valence-corrected chi connectivity index (χ2v) is 19.4. The molecular weight excluding hydrogens is 1050 g/mol. The van der Waals surface area contributed by atoms with Crippen molar-refractivity contribution in [1.29, 1.82) is 0 Å². The molecule has 3 aliphatic rings. The number of carbonyl (C=O) groups excluding carboxylic acids is 2. The van der Waals surface area contributed by atoms with E-state index in [0.29, 0.717) is 30.1 Å². The van der Waals surface area contributed by atoms with Crippen molar-refractivity contribution in [1.82, 2.24) is 25.5 Å². The summed E-state index contributed by atoms with van der Waals surface area (Å²) in [5.41, 5.74) is -0.446. The van der Waals surface area contributed by atoms with Crippen LogP contribution in [0.2, 0.25) is 6.32 Å². The Morgan fingerprint density at radius 2 is 1.83 bits per heavy atom. The van der Waals surface area contributed by atoms with Gasteiger partial charge in [0.1, 0.15) is 23.3 Å². The number of thiocarbonyl (C=S) groups is 1. The summed E-state index contributed by atoms with van der Waals surface area (Å²) in [6.45, 7) is -0.746. The summed E-state index contributed by atoms with van der Waals surface area (Å²) in [6, 6.07) is 19.6. The van der Waals surface area contributed by atoms with Gasteiger partial charge in [-0.2, -0.15) is 0 Å². The summed E-state index contributed by atoms with van der Waals surface area (Å²) in [5.74, 6) is -3.02. The van der Waals surface area contributed by atoms with Gasteiger partial charge in [-0.05, 0) is 119 Å². The molecule has 7 rings (SSSR count). The van der Waals surface area contributed by atoms with Gasteiger partial charge >= 0.3 is 19.3 Å². The van der Waals surface area contributed by atoms with Gasteiger partial charge in [0.25, 0.3) is 11.5 Å². The van der Waals surface area contributed by atoms with Crippen LogP contribution in [0.25, 0.3) is 39.5 Å². The molecule has 0 bridgehead atoms. The molecule has 3 aromatic carbocycles. The third kappa shape index (κ3) is 12.8. The van der Waals surface area contributed by atoms with E-state index < -0.39 is 55.6 Å². The van der Waals surface area contributed by atoms with E-state index in [9.17, 15) is 53.5 Å². The summed E-state index contributed by atoms with van der Waals surface area (Å²) in [4.78, 5) is 89.0. The Bertz CT molecular complexity index is 3180. The van der Waals surface area contributed by atoms with Gasteiger partial charge in [-0.1, -0.05) is 12.4 Å². The zero-order valence-corrected chi connectivity index (χ0v) is 40.0. The van der Waals surface area contributed by atoms with E-state index in [4.69, 9.17) is 25.9 Å². The number of carbonyl (C=O) groups is 3. The highest BCUT2D eigenvalue weighted by Crippen LogP contribution is 2.43. The molecular formula is C45H43BIN6O14PS. The summed E-state index contributed by atoms with van der Waals surface area (Å²) >= 11 is 7.43. The van der Waals surface area contributed by atoms with Crippen molar-refractivity contribution in [3.8, 4) is 28.2 Å². The minimum Gasteiger partial charge on any atom is -0.508 e. The predicted octanol–water partition coefficient (Wildman–Crippen LogP) is 3.84. The molecule has 1 fully saturated rings. The lowest BCUT2D eigenvalue weighted by Crippen LogP contribution is -2.36. The molecule has 2 amide bonds. The summed E-state index contributed by atoms with van der Waals surface area (Å²) in [7, 11) is -3.63. The number of fused-ring (bicyclic) bond motifs is 2. The van der Waals surface area contributed by atoms with Crippen LogP contribution < -0.4 is 37.9 Å². The number of carboxylic acid groups (broad SMARTS) is 1. The van der Waals surface area contributed by atoms with Gasteiger partial charge in [-0.3, -0.25) is 33.3 Å². The first-order valence-corrected chi connectivity index (χ1v) is 24.4. The maximum absolute atomic E-state index is 13.4. The number of rotatable bonds is 18. The lowest BCUT2D eigenvalue weighted by molar-refractivity contribution is -0.116. The van der Waals surface area contributed by atoms with Crippen LogP contribution in [0, 0.1) is 9.49 Å². The molecule has 2 aliphatic heterocycles. The fourth-order valence-electron chi connectivity index (χ4n) is 7.72. The number of aliphatic hydroxyl groups is 1. The van der Waals surface area contributed by atoms with Crippen LogP contribution >= 0.6 is 42.4 Å². The van der Waals surface area contributed by atoms with Gasteiger partial charge in [0.15, 0.2) is 17.8 Å². The van der Waals surface area contributed by atoms with E-state index in [1.165, 1.54) is 60.8 Å². The smallest absolute Gasteiger partial charge is 0.336 e. The highest BCUT2D eigenvalue weighted by atomic mass is 127. The minimum atomic E-state index is -3.96. The van der Waals surface area contributed by atoms with Gasteiger partial charge in [0.2, 0.25) is 5.91 Å². The fraction of sp³-hybridized carbons (Fsp3) is 0.222. The van der Waals surface area contributed by atoms with E-state index in [2.05, 4.69) is 48.8 Å². The average molecular weight is 1090 g/mol. The Kier molecular flexibility index (Phi) is 16.3. The number of aliphatic hydroxyl groups excluding tert-OH is 1.